The highest BCUT2D eigenvalue weighted by Crippen LogP contribution is 2.31. The largest absolute Gasteiger partial charge is 0.344 e. The summed E-state index contributed by atoms with van der Waals surface area (Å²) in [7, 11) is 0. The molecule has 27 heavy (non-hydrogen) atoms. The predicted molar refractivity (Wildman–Crippen MR) is 92.5 cm³/mol. The molecule has 2 fully saturated rings. The summed E-state index contributed by atoms with van der Waals surface area (Å²) in [5.41, 5.74) is 1.65. The molecule has 0 unspecified atom stereocenters. The Balaban J connectivity index is 1.67. The number of benzene rings is 1. The van der Waals surface area contributed by atoms with E-state index in [2.05, 4.69) is 10.7 Å². The molecule has 0 bridgehead atoms. The van der Waals surface area contributed by atoms with Gasteiger partial charge in [0.25, 0.3) is 5.91 Å². The first-order valence-electron chi connectivity index (χ1n) is 8.74. The molecule has 0 aromatic heterocycles. The van der Waals surface area contributed by atoms with Gasteiger partial charge in [-0.05, 0) is 12.0 Å². The van der Waals surface area contributed by atoms with Crippen LogP contribution < -0.4 is 10.7 Å². The topological polar surface area (TPSA) is 116 Å². The van der Waals surface area contributed by atoms with Crippen LogP contribution in [0.5, 0.6) is 0 Å². The molecule has 3 rings (SSSR count). The highest BCUT2D eigenvalue weighted by Gasteiger charge is 2.52. The van der Waals surface area contributed by atoms with Gasteiger partial charge in [-0.3, -0.25) is 29.5 Å². The second-order valence-corrected chi connectivity index (χ2v) is 6.42. The van der Waals surface area contributed by atoms with Crippen LogP contribution in [0.25, 0.3) is 0 Å². The Morgan fingerprint density at radius 1 is 1.11 bits per heavy atom. The molecular formula is C18H20N4O5. The Morgan fingerprint density at radius 2 is 1.74 bits per heavy atom. The van der Waals surface area contributed by atoms with Crippen LogP contribution in [0.2, 0.25) is 0 Å². The maximum atomic E-state index is 12.9. The number of carbonyl (C=O) groups is 5. The van der Waals surface area contributed by atoms with Gasteiger partial charge in [0.05, 0.1) is 0 Å². The SMILES string of the molecule is CC[C@@]1(c2ccccc2)NC(=O)N(NC(=O)CCN2C(=O)CCC2=O)C1=O. The van der Waals surface area contributed by atoms with E-state index in [0.29, 0.717) is 17.0 Å². The van der Waals surface area contributed by atoms with Crippen LogP contribution in [0.1, 0.15) is 38.2 Å². The quantitative estimate of drug-likeness (QED) is 0.554. The molecule has 1 atom stereocenters. The molecule has 2 saturated heterocycles. The maximum Gasteiger partial charge on any atom is 0.344 e. The lowest BCUT2D eigenvalue weighted by Gasteiger charge is -2.25. The van der Waals surface area contributed by atoms with Crippen molar-refractivity contribution in [3.05, 3.63) is 35.9 Å². The molecule has 9 heteroatoms. The zero-order chi connectivity index (χ0) is 19.6. The van der Waals surface area contributed by atoms with Gasteiger partial charge in [0.1, 0.15) is 5.54 Å². The molecule has 1 aromatic carbocycles. The van der Waals surface area contributed by atoms with Crippen molar-refractivity contribution in [3.8, 4) is 0 Å². The van der Waals surface area contributed by atoms with E-state index in [1.165, 1.54) is 0 Å². The standard InChI is InChI=1S/C18H20N4O5/c1-2-18(12-6-4-3-5-7-12)16(26)22(17(27)19-18)20-13(23)10-11-21-14(24)8-9-15(21)25/h3-7H,2,8-11H2,1H3,(H,19,27)(H,20,23)/t18-/m0/s1. The van der Waals surface area contributed by atoms with Crippen LogP contribution in [0.15, 0.2) is 30.3 Å². The van der Waals surface area contributed by atoms with Crippen molar-refractivity contribution in [1.82, 2.24) is 20.7 Å². The molecule has 2 aliphatic heterocycles. The summed E-state index contributed by atoms with van der Waals surface area (Å²) in [5.74, 6) is -1.86. The summed E-state index contributed by atoms with van der Waals surface area (Å²) in [6, 6.07) is 8.06. The van der Waals surface area contributed by atoms with E-state index in [0.717, 1.165) is 4.90 Å². The Labute approximate surface area is 155 Å². The number of hydrazine groups is 1. The van der Waals surface area contributed by atoms with Crippen LogP contribution in [0.4, 0.5) is 4.79 Å². The number of amides is 6. The van der Waals surface area contributed by atoms with Crippen LogP contribution in [0.3, 0.4) is 0 Å². The smallest absolute Gasteiger partial charge is 0.318 e. The number of urea groups is 1. The van der Waals surface area contributed by atoms with Gasteiger partial charge < -0.3 is 5.32 Å². The van der Waals surface area contributed by atoms with Crippen molar-refractivity contribution in [1.29, 1.82) is 0 Å². The molecule has 2 heterocycles. The monoisotopic (exact) mass is 372 g/mol. The lowest BCUT2D eigenvalue weighted by atomic mass is 9.87. The minimum atomic E-state index is -1.24. The molecule has 142 valence electrons. The lowest BCUT2D eigenvalue weighted by molar-refractivity contribution is -0.141. The molecule has 0 saturated carbocycles. The van der Waals surface area contributed by atoms with Gasteiger partial charge in [0, 0.05) is 25.8 Å². The van der Waals surface area contributed by atoms with Gasteiger partial charge in [-0.2, -0.15) is 5.01 Å². The number of nitrogens with one attached hydrogen (secondary N) is 2. The van der Waals surface area contributed by atoms with Crippen LogP contribution in [-0.4, -0.2) is 46.1 Å². The van der Waals surface area contributed by atoms with Crippen LogP contribution in [-0.2, 0) is 24.7 Å². The van der Waals surface area contributed by atoms with E-state index < -0.39 is 23.4 Å². The van der Waals surface area contributed by atoms with Crippen molar-refractivity contribution >= 4 is 29.7 Å². The lowest BCUT2D eigenvalue weighted by Crippen LogP contribution is -2.49. The third kappa shape index (κ3) is 3.27. The fourth-order valence-electron chi connectivity index (χ4n) is 3.30. The van der Waals surface area contributed by atoms with Gasteiger partial charge in [0.15, 0.2) is 0 Å². The zero-order valence-corrected chi connectivity index (χ0v) is 14.9. The normalized spacial score (nSPS) is 22.4. The second-order valence-electron chi connectivity index (χ2n) is 6.42. The molecule has 2 N–H and O–H groups in total. The average molecular weight is 372 g/mol. The highest BCUT2D eigenvalue weighted by atomic mass is 16.2. The Hall–Kier alpha value is -3.23. The van der Waals surface area contributed by atoms with Crippen molar-refractivity contribution in [2.75, 3.05) is 6.54 Å². The first-order chi connectivity index (χ1) is 12.9. The van der Waals surface area contributed by atoms with E-state index in [1.807, 2.05) is 0 Å². The summed E-state index contributed by atoms with van der Waals surface area (Å²) in [6.07, 6.45) is 0.400. The molecule has 9 nitrogen and oxygen atoms in total. The highest BCUT2D eigenvalue weighted by molar-refractivity contribution is 6.08. The molecule has 2 aliphatic rings. The summed E-state index contributed by atoms with van der Waals surface area (Å²) >= 11 is 0. The fourth-order valence-corrected chi connectivity index (χ4v) is 3.30. The summed E-state index contributed by atoms with van der Waals surface area (Å²) in [6.45, 7) is 1.69. The summed E-state index contributed by atoms with van der Waals surface area (Å²) in [4.78, 5) is 61.5. The Morgan fingerprint density at radius 3 is 2.33 bits per heavy atom. The van der Waals surface area contributed by atoms with Crippen molar-refractivity contribution in [3.63, 3.8) is 0 Å². The van der Waals surface area contributed by atoms with Gasteiger partial charge in [0.2, 0.25) is 17.7 Å². The first-order valence-corrected chi connectivity index (χ1v) is 8.74. The zero-order valence-electron chi connectivity index (χ0n) is 14.9. The Bertz CT molecular complexity index is 793. The van der Waals surface area contributed by atoms with Crippen LogP contribution >= 0.6 is 0 Å². The number of carbonyl (C=O) groups excluding carboxylic acids is 5. The maximum absolute atomic E-state index is 12.9. The molecule has 0 spiro atoms. The Kier molecular flexibility index (Phi) is 4.93. The third-order valence-corrected chi connectivity index (χ3v) is 4.84. The van der Waals surface area contributed by atoms with E-state index >= 15 is 0 Å². The number of likely N-dealkylation sites (tertiary alicyclic amines) is 1. The molecular weight excluding hydrogens is 352 g/mol. The number of hydrogen-bond donors (Lipinski definition) is 2. The van der Waals surface area contributed by atoms with Gasteiger partial charge in [-0.25, -0.2) is 4.79 Å². The number of rotatable bonds is 6. The van der Waals surface area contributed by atoms with Crippen LogP contribution in [0, 0.1) is 0 Å². The number of nitrogens with zero attached hydrogens (tertiary/aromatic N) is 2. The van der Waals surface area contributed by atoms with E-state index in [9.17, 15) is 24.0 Å². The third-order valence-electron chi connectivity index (χ3n) is 4.84. The van der Waals surface area contributed by atoms with Crippen molar-refractivity contribution in [2.45, 2.75) is 38.1 Å². The van der Waals surface area contributed by atoms with E-state index in [1.54, 1.807) is 37.3 Å². The summed E-state index contributed by atoms with van der Waals surface area (Å²) < 4.78 is 0. The van der Waals surface area contributed by atoms with Gasteiger partial charge >= 0.3 is 6.03 Å². The minimum absolute atomic E-state index is 0.0786. The van der Waals surface area contributed by atoms with Crippen molar-refractivity contribution in [2.24, 2.45) is 0 Å². The van der Waals surface area contributed by atoms with Gasteiger partial charge in [-0.1, -0.05) is 37.3 Å². The molecule has 0 aliphatic carbocycles. The number of imide groups is 2. The average Bonchev–Trinajstić information content (AvgIpc) is 3.12. The second kappa shape index (κ2) is 7.18. The number of hydrogen-bond acceptors (Lipinski definition) is 5. The van der Waals surface area contributed by atoms with Crippen molar-refractivity contribution < 1.29 is 24.0 Å². The van der Waals surface area contributed by atoms with Gasteiger partial charge in [-0.15, -0.1) is 0 Å². The van der Waals surface area contributed by atoms with E-state index in [-0.39, 0.29) is 37.6 Å². The first kappa shape index (κ1) is 18.6. The molecule has 1 aromatic rings. The predicted octanol–water partition coefficient (Wildman–Crippen LogP) is 0.414. The summed E-state index contributed by atoms with van der Waals surface area (Å²) in [5, 5.41) is 3.31. The van der Waals surface area contributed by atoms with E-state index in [4.69, 9.17) is 0 Å². The fraction of sp³-hybridized carbons (Fsp3) is 0.389. The molecule has 6 amide bonds. The molecule has 0 radical (unpaired) electrons. The minimum Gasteiger partial charge on any atom is -0.318 e.